The number of nitrogen functional groups attached to an aromatic ring is 1. The van der Waals surface area contributed by atoms with Gasteiger partial charge in [-0.3, -0.25) is 4.90 Å². The highest BCUT2D eigenvalue weighted by Gasteiger charge is 2.32. The second-order valence-electron chi connectivity index (χ2n) is 6.65. The Balaban J connectivity index is 2.21. The van der Waals surface area contributed by atoms with Crippen molar-refractivity contribution >= 4 is 5.69 Å². The first-order valence-corrected chi connectivity index (χ1v) is 7.57. The van der Waals surface area contributed by atoms with Crippen LogP contribution in [0.5, 0.6) is 0 Å². The van der Waals surface area contributed by atoms with Crippen LogP contribution in [0.1, 0.15) is 51.7 Å². The van der Waals surface area contributed by atoms with Gasteiger partial charge in [0.2, 0.25) is 0 Å². The Hall–Kier alpha value is -1.02. The molecule has 0 saturated carbocycles. The standard InChI is InChI=1S/C17H28N2/c1-5-13(6-2)10-19-11-14-9-15(18)7-8-16(14)17(3,4)12-19/h7-9,13H,5-6,10-12,18H2,1-4H3. The minimum atomic E-state index is 0.229. The van der Waals surface area contributed by atoms with Gasteiger partial charge in [-0.2, -0.15) is 0 Å². The lowest BCUT2D eigenvalue weighted by atomic mass is 9.78. The molecular formula is C17H28N2. The van der Waals surface area contributed by atoms with Gasteiger partial charge in [0.1, 0.15) is 0 Å². The van der Waals surface area contributed by atoms with Gasteiger partial charge in [-0.25, -0.2) is 0 Å². The molecule has 0 fully saturated rings. The summed E-state index contributed by atoms with van der Waals surface area (Å²) in [5.41, 5.74) is 9.96. The number of fused-ring (bicyclic) bond motifs is 1. The minimum Gasteiger partial charge on any atom is -0.399 e. The molecule has 0 aromatic heterocycles. The topological polar surface area (TPSA) is 29.3 Å². The zero-order valence-corrected chi connectivity index (χ0v) is 12.9. The molecule has 1 aliphatic rings. The molecule has 0 radical (unpaired) electrons. The summed E-state index contributed by atoms with van der Waals surface area (Å²) in [4.78, 5) is 2.61. The van der Waals surface area contributed by atoms with Crippen molar-refractivity contribution in [1.82, 2.24) is 4.90 Å². The number of hydrogen-bond acceptors (Lipinski definition) is 2. The third-order valence-electron chi connectivity index (χ3n) is 4.54. The van der Waals surface area contributed by atoms with E-state index in [4.69, 9.17) is 5.73 Å². The lowest BCUT2D eigenvalue weighted by molar-refractivity contribution is 0.162. The molecule has 0 amide bonds. The van der Waals surface area contributed by atoms with Crippen molar-refractivity contribution in [3.05, 3.63) is 29.3 Å². The summed E-state index contributed by atoms with van der Waals surface area (Å²) < 4.78 is 0. The highest BCUT2D eigenvalue weighted by Crippen LogP contribution is 2.34. The van der Waals surface area contributed by atoms with E-state index >= 15 is 0 Å². The lowest BCUT2D eigenvalue weighted by Crippen LogP contribution is -2.43. The highest BCUT2D eigenvalue weighted by atomic mass is 15.1. The van der Waals surface area contributed by atoms with E-state index in [1.165, 1.54) is 30.5 Å². The smallest absolute Gasteiger partial charge is 0.0317 e. The average Bonchev–Trinajstić information content (AvgIpc) is 2.34. The Labute approximate surface area is 118 Å². The van der Waals surface area contributed by atoms with Crippen LogP contribution < -0.4 is 5.73 Å². The molecule has 0 spiro atoms. The maximum Gasteiger partial charge on any atom is 0.0317 e. The minimum absolute atomic E-state index is 0.229. The molecule has 1 aromatic carbocycles. The number of nitrogens with two attached hydrogens (primary N) is 1. The van der Waals surface area contributed by atoms with Crippen molar-refractivity contribution < 1.29 is 0 Å². The van der Waals surface area contributed by atoms with Crippen LogP contribution in [0.15, 0.2) is 18.2 Å². The SMILES string of the molecule is CCC(CC)CN1Cc2cc(N)ccc2C(C)(C)C1. The summed E-state index contributed by atoms with van der Waals surface area (Å²) in [7, 11) is 0. The fourth-order valence-corrected chi connectivity index (χ4v) is 3.39. The Bertz CT molecular complexity index is 433. The van der Waals surface area contributed by atoms with Crippen LogP contribution in [0, 0.1) is 5.92 Å². The number of nitrogens with zero attached hydrogens (tertiary/aromatic N) is 1. The number of hydrogen-bond donors (Lipinski definition) is 1. The molecule has 2 nitrogen and oxygen atoms in total. The zero-order chi connectivity index (χ0) is 14.0. The van der Waals surface area contributed by atoms with E-state index in [-0.39, 0.29) is 5.41 Å². The molecule has 0 unspecified atom stereocenters. The van der Waals surface area contributed by atoms with Crippen molar-refractivity contribution in [2.45, 2.75) is 52.5 Å². The van der Waals surface area contributed by atoms with Gasteiger partial charge in [-0.05, 0) is 29.2 Å². The summed E-state index contributed by atoms with van der Waals surface area (Å²) >= 11 is 0. The molecule has 2 N–H and O–H groups in total. The van der Waals surface area contributed by atoms with Crippen LogP contribution in [0.3, 0.4) is 0 Å². The van der Waals surface area contributed by atoms with Crippen molar-refractivity contribution in [2.75, 3.05) is 18.8 Å². The maximum absolute atomic E-state index is 5.95. The van der Waals surface area contributed by atoms with Crippen LogP contribution in [-0.2, 0) is 12.0 Å². The Morgan fingerprint density at radius 3 is 2.58 bits per heavy atom. The van der Waals surface area contributed by atoms with E-state index in [1.54, 1.807) is 0 Å². The molecule has 0 atom stereocenters. The zero-order valence-electron chi connectivity index (χ0n) is 12.9. The summed E-state index contributed by atoms with van der Waals surface area (Å²) in [5.74, 6) is 0.818. The van der Waals surface area contributed by atoms with Crippen molar-refractivity contribution in [3.63, 3.8) is 0 Å². The van der Waals surface area contributed by atoms with Crippen LogP contribution in [0.25, 0.3) is 0 Å². The summed E-state index contributed by atoms with van der Waals surface area (Å²) in [6.45, 7) is 12.7. The van der Waals surface area contributed by atoms with E-state index in [0.29, 0.717) is 0 Å². The van der Waals surface area contributed by atoms with Gasteiger partial charge in [0.25, 0.3) is 0 Å². The fraction of sp³-hybridized carbons (Fsp3) is 0.647. The number of rotatable bonds is 4. The molecule has 1 aliphatic heterocycles. The van der Waals surface area contributed by atoms with E-state index < -0.39 is 0 Å². The van der Waals surface area contributed by atoms with Crippen molar-refractivity contribution in [3.8, 4) is 0 Å². The molecule has 1 aromatic rings. The van der Waals surface area contributed by atoms with E-state index in [0.717, 1.165) is 24.7 Å². The Morgan fingerprint density at radius 1 is 1.26 bits per heavy atom. The van der Waals surface area contributed by atoms with Gasteiger partial charge in [0, 0.05) is 30.7 Å². The molecule has 2 rings (SSSR count). The third-order valence-corrected chi connectivity index (χ3v) is 4.54. The van der Waals surface area contributed by atoms with Crippen molar-refractivity contribution in [2.24, 2.45) is 5.92 Å². The molecule has 19 heavy (non-hydrogen) atoms. The second-order valence-corrected chi connectivity index (χ2v) is 6.65. The first kappa shape index (κ1) is 14.4. The molecule has 2 heteroatoms. The first-order valence-electron chi connectivity index (χ1n) is 7.57. The van der Waals surface area contributed by atoms with Crippen LogP contribution >= 0.6 is 0 Å². The van der Waals surface area contributed by atoms with Gasteiger partial charge >= 0.3 is 0 Å². The Morgan fingerprint density at radius 2 is 1.95 bits per heavy atom. The summed E-state index contributed by atoms with van der Waals surface area (Å²) in [6, 6.07) is 6.42. The summed E-state index contributed by atoms with van der Waals surface area (Å²) in [5, 5.41) is 0. The van der Waals surface area contributed by atoms with Crippen LogP contribution in [0.4, 0.5) is 5.69 Å². The lowest BCUT2D eigenvalue weighted by Gasteiger charge is -2.41. The van der Waals surface area contributed by atoms with Crippen LogP contribution in [-0.4, -0.2) is 18.0 Å². The van der Waals surface area contributed by atoms with Gasteiger partial charge < -0.3 is 5.73 Å². The molecule has 0 aliphatic carbocycles. The molecule has 0 saturated heterocycles. The summed E-state index contributed by atoms with van der Waals surface area (Å²) in [6.07, 6.45) is 2.55. The van der Waals surface area contributed by atoms with Crippen LogP contribution in [0.2, 0.25) is 0 Å². The molecule has 1 heterocycles. The number of benzene rings is 1. The predicted molar refractivity (Wildman–Crippen MR) is 83.2 cm³/mol. The molecule has 0 bridgehead atoms. The van der Waals surface area contributed by atoms with Crippen molar-refractivity contribution in [1.29, 1.82) is 0 Å². The van der Waals surface area contributed by atoms with E-state index in [1.807, 2.05) is 6.07 Å². The highest BCUT2D eigenvalue weighted by molar-refractivity contribution is 5.48. The second kappa shape index (κ2) is 5.54. The normalized spacial score (nSPS) is 18.6. The molecular weight excluding hydrogens is 232 g/mol. The quantitative estimate of drug-likeness (QED) is 0.834. The van der Waals surface area contributed by atoms with E-state index in [2.05, 4.69) is 44.7 Å². The van der Waals surface area contributed by atoms with Gasteiger partial charge in [0.15, 0.2) is 0 Å². The van der Waals surface area contributed by atoms with E-state index in [9.17, 15) is 0 Å². The third kappa shape index (κ3) is 3.11. The van der Waals surface area contributed by atoms with Gasteiger partial charge in [-0.15, -0.1) is 0 Å². The fourth-order valence-electron chi connectivity index (χ4n) is 3.39. The number of anilines is 1. The predicted octanol–water partition coefficient (Wildman–Crippen LogP) is 3.80. The first-order chi connectivity index (χ1) is 8.96. The van der Waals surface area contributed by atoms with Gasteiger partial charge in [0.05, 0.1) is 0 Å². The largest absolute Gasteiger partial charge is 0.399 e. The monoisotopic (exact) mass is 260 g/mol. The van der Waals surface area contributed by atoms with Gasteiger partial charge in [-0.1, -0.05) is 46.6 Å². The average molecular weight is 260 g/mol. The molecule has 106 valence electrons. The maximum atomic E-state index is 5.95. The Kier molecular flexibility index (Phi) is 4.19.